The Morgan fingerprint density at radius 1 is 1.33 bits per heavy atom. The molecule has 1 aromatic carbocycles. The maximum atomic E-state index is 12.0. The highest BCUT2D eigenvalue weighted by Gasteiger charge is 2.17. The van der Waals surface area contributed by atoms with E-state index in [1.807, 2.05) is 19.1 Å². The smallest absolute Gasteiger partial charge is 0.266 e. The molecule has 1 amide bonds. The molecule has 0 aliphatic rings. The number of rotatable bonds is 5. The fourth-order valence-electron chi connectivity index (χ4n) is 1.78. The van der Waals surface area contributed by atoms with Crippen molar-refractivity contribution in [1.29, 1.82) is 0 Å². The monoisotopic (exact) mass is 305 g/mol. The van der Waals surface area contributed by atoms with Crippen molar-refractivity contribution in [2.75, 3.05) is 5.32 Å². The molecule has 0 unspecified atom stereocenters. The number of anilines is 1. The van der Waals surface area contributed by atoms with E-state index in [9.17, 15) is 4.79 Å². The second-order valence-electron chi connectivity index (χ2n) is 5.17. The molecule has 2 aromatic rings. The van der Waals surface area contributed by atoms with E-state index in [0.717, 1.165) is 11.3 Å². The van der Waals surface area contributed by atoms with Gasteiger partial charge in [0.1, 0.15) is 11.3 Å². The van der Waals surface area contributed by atoms with Crippen molar-refractivity contribution in [3.8, 4) is 5.75 Å². The van der Waals surface area contributed by atoms with E-state index in [-0.39, 0.29) is 5.91 Å². The molecule has 21 heavy (non-hydrogen) atoms. The van der Waals surface area contributed by atoms with Crippen LogP contribution in [0.4, 0.5) is 5.13 Å². The van der Waals surface area contributed by atoms with Crippen LogP contribution >= 0.6 is 11.3 Å². The minimum atomic E-state index is -0.602. The number of hydrogen-bond donors (Lipinski definition) is 1. The summed E-state index contributed by atoms with van der Waals surface area (Å²) in [6.07, 6.45) is -0.602. The Morgan fingerprint density at radius 2 is 2.10 bits per heavy atom. The zero-order valence-electron chi connectivity index (χ0n) is 12.6. The molecular formula is C15H19N3O2S. The molecule has 0 radical (unpaired) electrons. The number of carbonyl (C=O) groups is 1. The third-order valence-electron chi connectivity index (χ3n) is 3.14. The molecule has 0 spiro atoms. The van der Waals surface area contributed by atoms with Crippen molar-refractivity contribution in [3.05, 3.63) is 34.8 Å². The van der Waals surface area contributed by atoms with Gasteiger partial charge in [0.05, 0.1) is 0 Å². The van der Waals surface area contributed by atoms with Gasteiger partial charge in [-0.3, -0.25) is 10.1 Å². The molecule has 0 aliphatic carbocycles. The van der Waals surface area contributed by atoms with Crippen LogP contribution in [0.2, 0.25) is 0 Å². The first-order valence-electron chi connectivity index (χ1n) is 6.81. The van der Waals surface area contributed by atoms with Crippen LogP contribution in [-0.4, -0.2) is 22.2 Å². The second-order valence-corrected chi connectivity index (χ2v) is 6.01. The lowest BCUT2D eigenvalue weighted by molar-refractivity contribution is -0.122. The molecule has 2 rings (SSSR count). The number of nitrogens with one attached hydrogen (secondary N) is 1. The Kier molecular flexibility index (Phi) is 4.90. The summed E-state index contributed by atoms with van der Waals surface area (Å²) in [7, 11) is 0. The van der Waals surface area contributed by atoms with Crippen LogP contribution in [0.5, 0.6) is 5.75 Å². The first kappa shape index (κ1) is 15.4. The van der Waals surface area contributed by atoms with Gasteiger partial charge in [-0.1, -0.05) is 37.3 Å². The number of carbonyl (C=O) groups excluding carboxylic acids is 1. The molecule has 0 saturated carbocycles. The number of hydrogen-bond acceptors (Lipinski definition) is 5. The standard InChI is InChI=1S/C15H19N3O2S/c1-9(2)12-6-5-10(3)13(7-12)20-11(4)14(19)17-15-18-16-8-21-15/h5-9,11H,1-4H3,(H,17,18,19)/t11-/m1/s1. The number of aromatic nitrogens is 2. The van der Waals surface area contributed by atoms with Gasteiger partial charge >= 0.3 is 0 Å². The van der Waals surface area contributed by atoms with Crippen LogP contribution in [-0.2, 0) is 4.79 Å². The van der Waals surface area contributed by atoms with Gasteiger partial charge in [0.2, 0.25) is 5.13 Å². The van der Waals surface area contributed by atoms with Crippen molar-refractivity contribution in [2.45, 2.75) is 39.7 Å². The molecular weight excluding hydrogens is 286 g/mol. The Labute approximate surface area is 128 Å². The van der Waals surface area contributed by atoms with Gasteiger partial charge in [-0.2, -0.15) is 0 Å². The molecule has 0 bridgehead atoms. The van der Waals surface area contributed by atoms with Gasteiger partial charge in [-0.05, 0) is 37.0 Å². The fraction of sp³-hybridized carbons (Fsp3) is 0.400. The quantitative estimate of drug-likeness (QED) is 0.920. The lowest BCUT2D eigenvalue weighted by Gasteiger charge is -2.17. The fourth-order valence-corrected chi connectivity index (χ4v) is 2.23. The molecule has 0 saturated heterocycles. The predicted molar refractivity (Wildman–Crippen MR) is 83.9 cm³/mol. The van der Waals surface area contributed by atoms with E-state index in [1.54, 1.807) is 12.4 Å². The van der Waals surface area contributed by atoms with Crippen LogP contribution in [0, 0.1) is 6.92 Å². The summed E-state index contributed by atoms with van der Waals surface area (Å²) in [6, 6.07) is 6.09. The molecule has 0 aliphatic heterocycles. The first-order valence-corrected chi connectivity index (χ1v) is 7.69. The van der Waals surface area contributed by atoms with E-state index < -0.39 is 6.10 Å². The van der Waals surface area contributed by atoms with E-state index >= 15 is 0 Å². The van der Waals surface area contributed by atoms with E-state index in [2.05, 4.69) is 35.4 Å². The van der Waals surface area contributed by atoms with Gasteiger partial charge in [0, 0.05) is 0 Å². The van der Waals surface area contributed by atoms with E-state index in [1.165, 1.54) is 16.9 Å². The zero-order chi connectivity index (χ0) is 15.4. The molecule has 0 fully saturated rings. The van der Waals surface area contributed by atoms with Crippen molar-refractivity contribution >= 4 is 22.4 Å². The highest BCUT2D eigenvalue weighted by Crippen LogP contribution is 2.25. The number of amides is 1. The van der Waals surface area contributed by atoms with Gasteiger partial charge < -0.3 is 4.74 Å². The minimum absolute atomic E-state index is 0.235. The highest BCUT2D eigenvalue weighted by atomic mass is 32.1. The topological polar surface area (TPSA) is 64.1 Å². The third-order valence-corrected chi connectivity index (χ3v) is 3.75. The van der Waals surface area contributed by atoms with Crippen LogP contribution < -0.4 is 10.1 Å². The number of nitrogens with zero attached hydrogens (tertiary/aromatic N) is 2. The average molecular weight is 305 g/mol. The third kappa shape index (κ3) is 4.01. The Hall–Kier alpha value is -1.95. The van der Waals surface area contributed by atoms with E-state index in [0.29, 0.717) is 11.0 Å². The summed E-state index contributed by atoms with van der Waals surface area (Å²) < 4.78 is 5.79. The number of aryl methyl sites for hydroxylation is 1. The summed E-state index contributed by atoms with van der Waals surface area (Å²) in [5, 5.41) is 10.6. The number of benzene rings is 1. The Balaban J connectivity index is 2.06. The van der Waals surface area contributed by atoms with Gasteiger partial charge in [0.15, 0.2) is 6.10 Å². The van der Waals surface area contributed by atoms with Gasteiger partial charge in [-0.25, -0.2) is 0 Å². The van der Waals surface area contributed by atoms with Crippen LogP contribution in [0.25, 0.3) is 0 Å². The molecule has 1 atom stereocenters. The highest BCUT2D eigenvalue weighted by molar-refractivity contribution is 7.13. The normalized spacial score (nSPS) is 12.2. The molecule has 1 heterocycles. The van der Waals surface area contributed by atoms with Crippen LogP contribution in [0.1, 0.15) is 37.8 Å². The Bertz CT molecular complexity index is 611. The lowest BCUT2D eigenvalue weighted by atomic mass is 10.0. The summed E-state index contributed by atoms with van der Waals surface area (Å²) in [4.78, 5) is 12.0. The zero-order valence-corrected chi connectivity index (χ0v) is 13.4. The largest absolute Gasteiger partial charge is 0.481 e. The molecule has 1 N–H and O–H groups in total. The lowest BCUT2D eigenvalue weighted by Crippen LogP contribution is -2.30. The number of ether oxygens (including phenoxy) is 1. The van der Waals surface area contributed by atoms with Crippen LogP contribution in [0.15, 0.2) is 23.7 Å². The van der Waals surface area contributed by atoms with Gasteiger partial charge in [0.25, 0.3) is 5.91 Å². The van der Waals surface area contributed by atoms with Gasteiger partial charge in [-0.15, -0.1) is 10.2 Å². The summed E-state index contributed by atoms with van der Waals surface area (Å²) >= 11 is 1.27. The summed E-state index contributed by atoms with van der Waals surface area (Å²) in [5.41, 5.74) is 3.76. The van der Waals surface area contributed by atoms with E-state index in [4.69, 9.17) is 4.74 Å². The molecule has 5 nitrogen and oxygen atoms in total. The first-order chi connectivity index (χ1) is 9.97. The predicted octanol–water partition coefficient (Wildman–Crippen LogP) is 3.38. The van der Waals surface area contributed by atoms with Crippen molar-refractivity contribution in [1.82, 2.24) is 10.2 Å². The minimum Gasteiger partial charge on any atom is -0.481 e. The van der Waals surface area contributed by atoms with Crippen molar-refractivity contribution < 1.29 is 9.53 Å². The summed E-state index contributed by atoms with van der Waals surface area (Å²) in [6.45, 7) is 7.94. The van der Waals surface area contributed by atoms with Crippen molar-refractivity contribution in [3.63, 3.8) is 0 Å². The Morgan fingerprint density at radius 3 is 2.71 bits per heavy atom. The second kappa shape index (κ2) is 6.67. The maximum absolute atomic E-state index is 12.0. The molecule has 112 valence electrons. The average Bonchev–Trinajstić information content (AvgIpc) is 2.93. The van der Waals surface area contributed by atoms with Crippen LogP contribution in [0.3, 0.4) is 0 Å². The molecule has 6 heteroatoms. The molecule has 1 aromatic heterocycles. The maximum Gasteiger partial charge on any atom is 0.266 e. The summed E-state index contributed by atoms with van der Waals surface area (Å²) in [5.74, 6) is 0.917. The van der Waals surface area contributed by atoms with Crippen molar-refractivity contribution in [2.24, 2.45) is 0 Å². The SMILES string of the molecule is Cc1ccc(C(C)C)cc1O[C@H](C)C(=O)Nc1nncs1.